The second-order valence-corrected chi connectivity index (χ2v) is 3.22. The Labute approximate surface area is 102 Å². The number of carbonyl (C=O) groups is 1. The number of hydrogen-bond donors (Lipinski definition) is 1. The molecule has 2 aromatic rings. The molecule has 0 fully saturated rings. The zero-order valence-electron chi connectivity index (χ0n) is 9.07. The number of hydrogen-bond acceptors (Lipinski definition) is 5. The molecule has 6 nitrogen and oxygen atoms in total. The van der Waals surface area contributed by atoms with Crippen molar-refractivity contribution in [2.24, 2.45) is 0 Å². The molecule has 0 aromatic carbocycles. The van der Waals surface area contributed by atoms with E-state index in [1.807, 2.05) is 6.07 Å². The number of pyridine rings is 2. The lowest BCUT2D eigenvalue weighted by Gasteiger charge is -2.07. The summed E-state index contributed by atoms with van der Waals surface area (Å²) in [4.78, 5) is 18.5. The van der Waals surface area contributed by atoms with E-state index >= 15 is 0 Å². The van der Waals surface area contributed by atoms with E-state index in [0.717, 1.165) is 0 Å². The SMILES string of the molecule is N#Cc1ncccc1Oc1cccnc1C(=O)O. The smallest absolute Gasteiger partial charge is 0.358 e. The van der Waals surface area contributed by atoms with Gasteiger partial charge in [-0.3, -0.25) is 0 Å². The minimum absolute atomic E-state index is 0.0644. The second-order valence-electron chi connectivity index (χ2n) is 3.22. The molecule has 18 heavy (non-hydrogen) atoms. The number of rotatable bonds is 3. The van der Waals surface area contributed by atoms with Crippen molar-refractivity contribution in [3.8, 4) is 17.6 Å². The fourth-order valence-corrected chi connectivity index (χ4v) is 1.31. The van der Waals surface area contributed by atoms with E-state index in [-0.39, 0.29) is 22.9 Å². The molecule has 0 aliphatic heterocycles. The van der Waals surface area contributed by atoms with Crippen molar-refractivity contribution in [2.45, 2.75) is 0 Å². The van der Waals surface area contributed by atoms with E-state index in [2.05, 4.69) is 9.97 Å². The number of aromatic nitrogens is 2. The molecule has 0 spiro atoms. The third-order valence-corrected chi connectivity index (χ3v) is 2.07. The highest BCUT2D eigenvalue weighted by Crippen LogP contribution is 2.25. The van der Waals surface area contributed by atoms with Gasteiger partial charge in [-0.25, -0.2) is 14.8 Å². The van der Waals surface area contributed by atoms with E-state index in [1.165, 1.54) is 24.5 Å². The van der Waals surface area contributed by atoms with Crippen molar-refractivity contribution in [3.05, 3.63) is 48.0 Å². The molecule has 0 saturated carbocycles. The predicted molar refractivity (Wildman–Crippen MR) is 60.2 cm³/mol. The third kappa shape index (κ3) is 2.25. The molecule has 1 N–H and O–H groups in total. The van der Waals surface area contributed by atoms with Gasteiger partial charge >= 0.3 is 5.97 Å². The van der Waals surface area contributed by atoms with Gasteiger partial charge in [0.2, 0.25) is 0 Å². The number of carboxylic acid groups (broad SMARTS) is 1. The molecule has 2 heterocycles. The molecule has 0 unspecified atom stereocenters. The average Bonchev–Trinajstić information content (AvgIpc) is 2.40. The van der Waals surface area contributed by atoms with Crippen molar-refractivity contribution in [1.82, 2.24) is 9.97 Å². The van der Waals surface area contributed by atoms with Crippen LogP contribution in [-0.4, -0.2) is 21.0 Å². The van der Waals surface area contributed by atoms with E-state index < -0.39 is 5.97 Å². The molecule has 0 aliphatic rings. The Morgan fingerprint density at radius 3 is 2.56 bits per heavy atom. The Morgan fingerprint density at radius 1 is 1.22 bits per heavy atom. The molecule has 2 aromatic heterocycles. The summed E-state index contributed by atoms with van der Waals surface area (Å²) in [5.74, 6) is -0.946. The van der Waals surface area contributed by atoms with Crippen LogP contribution >= 0.6 is 0 Å². The lowest BCUT2D eigenvalue weighted by Crippen LogP contribution is -2.03. The monoisotopic (exact) mass is 241 g/mol. The molecule has 0 saturated heterocycles. The summed E-state index contributed by atoms with van der Waals surface area (Å²) in [6.07, 6.45) is 2.80. The summed E-state index contributed by atoms with van der Waals surface area (Å²) in [6, 6.07) is 7.99. The molecule has 6 heteroatoms. The standard InChI is InChI=1S/C12H7N3O3/c13-7-8-9(3-1-5-14-8)18-10-4-2-6-15-11(10)12(16)17/h1-6H,(H,16,17). The van der Waals surface area contributed by atoms with Gasteiger partial charge in [0.1, 0.15) is 6.07 Å². The van der Waals surface area contributed by atoms with Crippen LogP contribution in [0.1, 0.15) is 16.2 Å². The first-order chi connectivity index (χ1) is 8.72. The predicted octanol–water partition coefficient (Wildman–Crippen LogP) is 1.84. The molecule has 0 aliphatic carbocycles. The van der Waals surface area contributed by atoms with Gasteiger partial charge in [-0.05, 0) is 24.3 Å². The Balaban J connectivity index is 2.41. The summed E-state index contributed by atoms with van der Waals surface area (Å²) < 4.78 is 5.36. The first kappa shape index (κ1) is 11.5. The lowest BCUT2D eigenvalue weighted by molar-refractivity contribution is 0.0687. The van der Waals surface area contributed by atoms with Gasteiger partial charge in [-0.2, -0.15) is 5.26 Å². The largest absolute Gasteiger partial charge is 0.476 e. The van der Waals surface area contributed by atoms with E-state index in [4.69, 9.17) is 15.1 Å². The molecule has 0 amide bonds. The first-order valence-corrected chi connectivity index (χ1v) is 4.93. The van der Waals surface area contributed by atoms with Crippen molar-refractivity contribution < 1.29 is 14.6 Å². The van der Waals surface area contributed by atoms with Crippen LogP contribution in [0.3, 0.4) is 0 Å². The van der Waals surface area contributed by atoms with E-state index in [0.29, 0.717) is 0 Å². The minimum Gasteiger partial charge on any atom is -0.476 e. The van der Waals surface area contributed by atoms with Crippen LogP contribution in [0.25, 0.3) is 0 Å². The molecule has 0 atom stereocenters. The van der Waals surface area contributed by atoms with Gasteiger partial charge in [0.05, 0.1) is 0 Å². The van der Waals surface area contributed by atoms with E-state index in [9.17, 15) is 4.79 Å². The second kappa shape index (κ2) is 4.93. The van der Waals surface area contributed by atoms with Crippen LogP contribution in [-0.2, 0) is 0 Å². The van der Waals surface area contributed by atoms with Gasteiger partial charge < -0.3 is 9.84 Å². The number of ether oxygens (including phenoxy) is 1. The molecule has 0 bridgehead atoms. The zero-order chi connectivity index (χ0) is 13.0. The highest BCUT2D eigenvalue weighted by Gasteiger charge is 2.14. The summed E-state index contributed by atoms with van der Waals surface area (Å²) in [7, 11) is 0. The van der Waals surface area contributed by atoms with Crippen LogP contribution in [0.2, 0.25) is 0 Å². The van der Waals surface area contributed by atoms with Crippen LogP contribution in [0.4, 0.5) is 0 Å². The lowest BCUT2D eigenvalue weighted by atomic mass is 10.3. The van der Waals surface area contributed by atoms with Crippen LogP contribution in [0, 0.1) is 11.3 Å². The van der Waals surface area contributed by atoms with Crippen molar-refractivity contribution in [1.29, 1.82) is 5.26 Å². The summed E-state index contributed by atoms with van der Waals surface area (Å²) in [5.41, 5.74) is -0.136. The number of carboxylic acids is 1. The highest BCUT2D eigenvalue weighted by atomic mass is 16.5. The fraction of sp³-hybridized carbons (Fsp3) is 0. The van der Waals surface area contributed by atoms with Gasteiger partial charge in [0, 0.05) is 12.4 Å². The molecule has 0 radical (unpaired) electrons. The number of nitrogens with zero attached hydrogens (tertiary/aromatic N) is 3. The molecular formula is C12H7N3O3. The Bertz CT molecular complexity index is 634. The van der Waals surface area contributed by atoms with Crippen LogP contribution in [0.5, 0.6) is 11.5 Å². The summed E-state index contributed by atoms with van der Waals surface area (Å²) in [6.45, 7) is 0. The molecular weight excluding hydrogens is 234 g/mol. The normalized spacial score (nSPS) is 9.50. The first-order valence-electron chi connectivity index (χ1n) is 4.93. The van der Waals surface area contributed by atoms with E-state index in [1.54, 1.807) is 12.1 Å². The molecule has 2 rings (SSSR count). The maximum Gasteiger partial charge on any atom is 0.358 e. The van der Waals surface area contributed by atoms with Crippen LogP contribution < -0.4 is 4.74 Å². The topological polar surface area (TPSA) is 96.1 Å². The van der Waals surface area contributed by atoms with Gasteiger partial charge in [-0.15, -0.1) is 0 Å². The van der Waals surface area contributed by atoms with Gasteiger partial charge in [-0.1, -0.05) is 0 Å². The van der Waals surface area contributed by atoms with Crippen molar-refractivity contribution >= 4 is 5.97 Å². The maximum absolute atomic E-state index is 10.9. The van der Waals surface area contributed by atoms with Crippen molar-refractivity contribution in [2.75, 3.05) is 0 Å². The minimum atomic E-state index is -1.20. The van der Waals surface area contributed by atoms with Gasteiger partial charge in [0.15, 0.2) is 22.9 Å². The Kier molecular flexibility index (Phi) is 3.16. The quantitative estimate of drug-likeness (QED) is 0.880. The third-order valence-electron chi connectivity index (χ3n) is 2.07. The number of aromatic carboxylic acids is 1. The number of nitriles is 1. The van der Waals surface area contributed by atoms with Gasteiger partial charge in [0.25, 0.3) is 0 Å². The Hall–Kier alpha value is -2.94. The zero-order valence-corrected chi connectivity index (χ0v) is 9.07. The highest BCUT2D eigenvalue weighted by molar-refractivity contribution is 5.88. The summed E-state index contributed by atoms with van der Waals surface area (Å²) in [5, 5.41) is 17.8. The van der Waals surface area contributed by atoms with Crippen LogP contribution in [0.15, 0.2) is 36.7 Å². The average molecular weight is 241 g/mol. The Morgan fingerprint density at radius 2 is 1.89 bits per heavy atom. The summed E-state index contributed by atoms with van der Waals surface area (Å²) >= 11 is 0. The van der Waals surface area contributed by atoms with Crippen molar-refractivity contribution in [3.63, 3.8) is 0 Å². The maximum atomic E-state index is 10.9. The molecule has 88 valence electrons. The fourth-order valence-electron chi connectivity index (χ4n) is 1.31.